The first-order valence-corrected chi connectivity index (χ1v) is 6.62. The highest BCUT2D eigenvalue weighted by atomic mass is 16.4. The van der Waals surface area contributed by atoms with Crippen LogP contribution in [0.5, 0.6) is 0 Å². The van der Waals surface area contributed by atoms with E-state index in [0.29, 0.717) is 11.6 Å². The molecule has 0 aliphatic heterocycles. The summed E-state index contributed by atoms with van der Waals surface area (Å²) in [5.74, 6) is 0.0194. The van der Waals surface area contributed by atoms with E-state index in [-0.39, 0.29) is 0 Å². The van der Waals surface area contributed by atoms with Crippen molar-refractivity contribution < 1.29 is 9.90 Å². The van der Waals surface area contributed by atoms with E-state index in [4.69, 9.17) is 5.11 Å². The Labute approximate surface area is 108 Å². The highest BCUT2D eigenvalue weighted by Gasteiger charge is 2.25. The highest BCUT2D eigenvalue weighted by molar-refractivity contribution is 5.87. The Morgan fingerprint density at radius 2 is 1.94 bits per heavy atom. The molecule has 1 saturated carbocycles. The zero-order valence-electron chi connectivity index (χ0n) is 11.1. The summed E-state index contributed by atoms with van der Waals surface area (Å²) in [5.41, 5.74) is 1.55. The van der Waals surface area contributed by atoms with Crippen molar-refractivity contribution in [1.82, 2.24) is 4.90 Å². The van der Waals surface area contributed by atoms with Gasteiger partial charge in [0, 0.05) is 19.1 Å². The van der Waals surface area contributed by atoms with Crippen molar-refractivity contribution in [2.45, 2.75) is 39.3 Å². The van der Waals surface area contributed by atoms with E-state index in [1.165, 1.54) is 24.9 Å². The van der Waals surface area contributed by atoms with Gasteiger partial charge in [-0.05, 0) is 50.3 Å². The molecule has 1 aliphatic carbocycles. The summed E-state index contributed by atoms with van der Waals surface area (Å²) in [7, 11) is 0. The first-order chi connectivity index (χ1) is 8.56. The molecule has 0 heterocycles. The van der Waals surface area contributed by atoms with Gasteiger partial charge in [0.2, 0.25) is 0 Å². The molecule has 1 aromatic rings. The topological polar surface area (TPSA) is 40.5 Å². The van der Waals surface area contributed by atoms with Crippen molar-refractivity contribution in [3.63, 3.8) is 0 Å². The number of benzene rings is 1. The van der Waals surface area contributed by atoms with Gasteiger partial charge in [-0.25, -0.2) is 4.79 Å². The summed E-state index contributed by atoms with van der Waals surface area (Å²) in [4.78, 5) is 13.3. The van der Waals surface area contributed by atoms with E-state index in [2.05, 4.69) is 18.7 Å². The van der Waals surface area contributed by atoms with Gasteiger partial charge in [0.25, 0.3) is 0 Å². The van der Waals surface area contributed by atoms with Gasteiger partial charge in [0.05, 0.1) is 5.56 Å². The number of hydrogen-bond donors (Lipinski definition) is 1. The van der Waals surface area contributed by atoms with Crippen LogP contribution in [0.1, 0.15) is 42.6 Å². The maximum atomic E-state index is 10.8. The van der Waals surface area contributed by atoms with Crippen LogP contribution in [0.4, 0.5) is 0 Å². The lowest BCUT2D eigenvalue weighted by atomic mass is 10.1. The summed E-state index contributed by atoms with van der Waals surface area (Å²) in [6.07, 6.45) is 2.72. The molecule has 3 heteroatoms. The number of aromatic carboxylic acids is 1. The molecule has 18 heavy (non-hydrogen) atoms. The molecule has 2 rings (SSSR count). The molecular formula is C15H21NO2. The van der Waals surface area contributed by atoms with Crippen LogP contribution in [0.3, 0.4) is 0 Å². The van der Waals surface area contributed by atoms with Gasteiger partial charge in [-0.15, -0.1) is 0 Å². The van der Waals surface area contributed by atoms with E-state index in [9.17, 15) is 4.79 Å². The second-order valence-corrected chi connectivity index (χ2v) is 5.47. The maximum absolute atomic E-state index is 10.8. The zero-order valence-corrected chi connectivity index (χ0v) is 11.1. The maximum Gasteiger partial charge on any atom is 0.335 e. The van der Waals surface area contributed by atoms with Crippen molar-refractivity contribution in [2.75, 3.05) is 6.54 Å². The van der Waals surface area contributed by atoms with Gasteiger partial charge >= 0.3 is 5.97 Å². The van der Waals surface area contributed by atoms with E-state index in [1.54, 1.807) is 12.1 Å². The molecule has 3 nitrogen and oxygen atoms in total. The minimum Gasteiger partial charge on any atom is -0.478 e. The van der Waals surface area contributed by atoms with Gasteiger partial charge in [-0.2, -0.15) is 0 Å². The van der Waals surface area contributed by atoms with Crippen molar-refractivity contribution in [1.29, 1.82) is 0 Å². The summed E-state index contributed by atoms with van der Waals surface area (Å²) < 4.78 is 0. The van der Waals surface area contributed by atoms with Gasteiger partial charge in [0.1, 0.15) is 0 Å². The molecule has 98 valence electrons. The fourth-order valence-corrected chi connectivity index (χ4v) is 2.08. The number of carboxylic acids is 1. The van der Waals surface area contributed by atoms with E-state index >= 15 is 0 Å². The second kappa shape index (κ2) is 5.53. The molecular weight excluding hydrogens is 226 g/mol. The lowest BCUT2D eigenvalue weighted by Crippen LogP contribution is -2.32. The largest absolute Gasteiger partial charge is 0.478 e. The summed E-state index contributed by atoms with van der Waals surface area (Å²) >= 11 is 0. The molecule has 0 atom stereocenters. The minimum atomic E-state index is -0.861. The quantitative estimate of drug-likeness (QED) is 0.840. The van der Waals surface area contributed by atoms with Crippen LogP contribution in [0.25, 0.3) is 0 Å². The Kier molecular flexibility index (Phi) is 4.02. The smallest absolute Gasteiger partial charge is 0.335 e. The predicted octanol–water partition coefficient (Wildman–Crippen LogP) is 3.01. The number of rotatable bonds is 6. The molecule has 0 radical (unpaired) electrons. The molecule has 1 aliphatic rings. The Morgan fingerprint density at radius 1 is 1.33 bits per heavy atom. The Bertz CT molecular complexity index is 407. The summed E-state index contributed by atoms with van der Waals surface area (Å²) in [5, 5.41) is 8.86. The number of carboxylic acid groups (broad SMARTS) is 1. The molecule has 0 amide bonds. The predicted molar refractivity (Wildman–Crippen MR) is 71.7 cm³/mol. The van der Waals surface area contributed by atoms with Crippen molar-refractivity contribution in [3.8, 4) is 0 Å². The lowest BCUT2D eigenvalue weighted by Gasteiger charge is -2.26. The van der Waals surface area contributed by atoms with Gasteiger partial charge in [0.15, 0.2) is 0 Å². The monoisotopic (exact) mass is 247 g/mol. The van der Waals surface area contributed by atoms with Crippen LogP contribution in [-0.2, 0) is 6.54 Å². The number of carbonyl (C=O) groups is 1. The van der Waals surface area contributed by atoms with Crippen molar-refractivity contribution in [2.24, 2.45) is 5.92 Å². The summed E-state index contributed by atoms with van der Waals surface area (Å²) in [6.45, 7) is 6.51. The first-order valence-electron chi connectivity index (χ1n) is 6.62. The van der Waals surface area contributed by atoms with Crippen LogP contribution in [0.15, 0.2) is 24.3 Å². The standard InChI is InChI=1S/C15H21NO2/c1-11(2)16(9-12-3-4-12)10-13-5-7-14(8-6-13)15(17)18/h5-8,11-12H,3-4,9-10H2,1-2H3,(H,17,18). The molecule has 0 saturated heterocycles. The van der Waals surface area contributed by atoms with Gasteiger partial charge in [-0.1, -0.05) is 12.1 Å². The van der Waals surface area contributed by atoms with Crippen molar-refractivity contribution >= 4 is 5.97 Å². The molecule has 0 aromatic heterocycles. The SMILES string of the molecule is CC(C)N(Cc1ccc(C(=O)O)cc1)CC1CC1. The van der Waals surface area contributed by atoms with Gasteiger partial charge in [-0.3, -0.25) is 4.90 Å². The van der Waals surface area contributed by atoms with Crippen LogP contribution in [0, 0.1) is 5.92 Å². The molecule has 1 N–H and O–H groups in total. The van der Waals surface area contributed by atoms with Crippen LogP contribution < -0.4 is 0 Å². The van der Waals surface area contributed by atoms with E-state index in [1.807, 2.05) is 12.1 Å². The molecule has 1 fully saturated rings. The Balaban J connectivity index is 1.98. The fourth-order valence-electron chi connectivity index (χ4n) is 2.08. The zero-order chi connectivity index (χ0) is 13.1. The van der Waals surface area contributed by atoms with E-state index < -0.39 is 5.97 Å². The lowest BCUT2D eigenvalue weighted by molar-refractivity contribution is 0.0697. The third-order valence-electron chi connectivity index (χ3n) is 3.51. The average Bonchev–Trinajstić information content (AvgIpc) is 3.12. The van der Waals surface area contributed by atoms with Crippen LogP contribution in [-0.4, -0.2) is 28.6 Å². The Hall–Kier alpha value is -1.35. The third-order valence-corrected chi connectivity index (χ3v) is 3.51. The van der Waals surface area contributed by atoms with Crippen molar-refractivity contribution in [3.05, 3.63) is 35.4 Å². The Morgan fingerprint density at radius 3 is 2.39 bits per heavy atom. The average molecular weight is 247 g/mol. The second-order valence-electron chi connectivity index (χ2n) is 5.47. The van der Waals surface area contributed by atoms with Crippen LogP contribution in [0.2, 0.25) is 0 Å². The highest BCUT2D eigenvalue weighted by Crippen LogP contribution is 2.30. The number of nitrogens with zero attached hydrogens (tertiary/aromatic N) is 1. The molecule has 1 aromatic carbocycles. The minimum absolute atomic E-state index is 0.358. The number of hydrogen-bond acceptors (Lipinski definition) is 2. The van der Waals surface area contributed by atoms with Crippen LogP contribution >= 0.6 is 0 Å². The molecule has 0 spiro atoms. The molecule has 0 unspecified atom stereocenters. The third kappa shape index (κ3) is 3.57. The normalized spacial score (nSPS) is 15.3. The summed E-state index contributed by atoms with van der Waals surface area (Å²) in [6, 6.07) is 7.75. The fraction of sp³-hybridized carbons (Fsp3) is 0.533. The van der Waals surface area contributed by atoms with Gasteiger partial charge < -0.3 is 5.11 Å². The van der Waals surface area contributed by atoms with E-state index in [0.717, 1.165) is 12.5 Å². The molecule has 0 bridgehead atoms. The first kappa shape index (κ1) is 13.1.